The lowest BCUT2D eigenvalue weighted by Gasteiger charge is -1.99. The Balaban J connectivity index is 2.44. The van der Waals surface area contributed by atoms with Crippen molar-refractivity contribution in [3.8, 4) is 5.69 Å². The van der Waals surface area contributed by atoms with Gasteiger partial charge in [-0.2, -0.15) is 5.10 Å². The van der Waals surface area contributed by atoms with Crippen molar-refractivity contribution in [3.63, 3.8) is 0 Å². The minimum atomic E-state index is -0.316. The first-order valence-corrected chi connectivity index (χ1v) is 5.13. The predicted molar refractivity (Wildman–Crippen MR) is 58.5 cm³/mol. The van der Waals surface area contributed by atoms with E-state index in [1.54, 1.807) is 18.3 Å². The molecule has 16 heavy (non-hydrogen) atoms. The lowest BCUT2D eigenvalue weighted by Crippen LogP contribution is -1.95. The van der Waals surface area contributed by atoms with Crippen molar-refractivity contribution in [2.45, 2.75) is 5.88 Å². The smallest absolute Gasteiger partial charge is 0.153 e. The van der Waals surface area contributed by atoms with Crippen molar-refractivity contribution < 1.29 is 9.18 Å². The highest BCUT2D eigenvalue weighted by Crippen LogP contribution is 2.13. The maximum Gasteiger partial charge on any atom is 0.153 e. The van der Waals surface area contributed by atoms with E-state index in [0.717, 1.165) is 0 Å². The third kappa shape index (κ3) is 1.97. The molecule has 0 unspecified atom stereocenters. The highest BCUT2D eigenvalue weighted by atomic mass is 35.5. The first-order chi connectivity index (χ1) is 7.74. The van der Waals surface area contributed by atoms with Crippen molar-refractivity contribution >= 4 is 17.9 Å². The predicted octanol–water partition coefficient (Wildman–Crippen LogP) is 2.56. The fourth-order valence-electron chi connectivity index (χ4n) is 1.35. The van der Waals surface area contributed by atoms with E-state index < -0.39 is 0 Å². The number of hydrogen-bond donors (Lipinski definition) is 0. The van der Waals surface area contributed by atoms with E-state index in [1.165, 1.54) is 16.8 Å². The van der Waals surface area contributed by atoms with Gasteiger partial charge in [0.2, 0.25) is 0 Å². The van der Waals surface area contributed by atoms with Crippen LogP contribution in [0.5, 0.6) is 0 Å². The molecule has 0 atom stereocenters. The van der Waals surface area contributed by atoms with Gasteiger partial charge < -0.3 is 0 Å². The first-order valence-electron chi connectivity index (χ1n) is 4.60. The number of aromatic nitrogens is 2. The van der Waals surface area contributed by atoms with E-state index in [2.05, 4.69) is 5.10 Å². The second-order valence-corrected chi connectivity index (χ2v) is 3.47. The number of nitrogens with zero attached hydrogens (tertiary/aromatic N) is 2. The van der Waals surface area contributed by atoms with Crippen molar-refractivity contribution in [1.29, 1.82) is 0 Å². The summed E-state index contributed by atoms with van der Waals surface area (Å²) >= 11 is 5.64. The van der Waals surface area contributed by atoms with E-state index in [1.807, 2.05) is 0 Å². The molecule has 1 aromatic heterocycles. The molecule has 0 bridgehead atoms. The van der Waals surface area contributed by atoms with Crippen LogP contribution in [-0.2, 0) is 5.88 Å². The van der Waals surface area contributed by atoms with Crippen molar-refractivity contribution in [2.24, 2.45) is 0 Å². The molecule has 3 nitrogen and oxygen atoms in total. The maximum absolute atomic E-state index is 12.7. The first kappa shape index (κ1) is 10.8. The summed E-state index contributed by atoms with van der Waals surface area (Å²) in [6, 6.07) is 5.82. The Kier molecular flexibility index (Phi) is 3.01. The van der Waals surface area contributed by atoms with Gasteiger partial charge in [0.15, 0.2) is 6.29 Å². The fourth-order valence-corrected chi connectivity index (χ4v) is 1.56. The van der Waals surface area contributed by atoms with Gasteiger partial charge in [0.25, 0.3) is 0 Å². The number of carbonyl (C=O) groups excluding carboxylic acids is 1. The third-order valence-corrected chi connectivity index (χ3v) is 2.42. The summed E-state index contributed by atoms with van der Waals surface area (Å²) in [5.41, 5.74) is 1.64. The summed E-state index contributed by atoms with van der Waals surface area (Å²) in [4.78, 5) is 10.7. The second kappa shape index (κ2) is 4.45. The van der Waals surface area contributed by atoms with Crippen LogP contribution in [0.2, 0.25) is 0 Å². The molecule has 82 valence electrons. The molecule has 0 fully saturated rings. The molecular weight excluding hydrogens is 231 g/mol. The summed E-state index contributed by atoms with van der Waals surface area (Å²) in [6.45, 7) is 0. The standard InChI is InChI=1S/C11H8ClFN2O/c12-5-11-8(7-16)6-15(14-11)10-3-1-9(13)2-4-10/h1-4,6-7H,5H2. The van der Waals surface area contributed by atoms with E-state index in [4.69, 9.17) is 11.6 Å². The van der Waals surface area contributed by atoms with E-state index in [9.17, 15) is 9.18 Å². The zero-order chi connectivity index (χ0) is 11.5. The third-order valence-electron chi connectivity index (χ3n) is 2.17. The molecule has 0 aliphatic rings. The van der Waals surface area contributed by atoms with Gasteiger partial charge in [0.1, 0.15) is 5.82 Å². The molecule has 2 aromatic rings. The van der Waals surface area contributed by atoms with Crippen LogP contribution in [0.1, 0.15) is 16.1 Å². The van der Waals surface area contributed by atoms with Gasteiger partial charge in [-0.05, 0) is 24.3 Å². The summed E-state index contributed by atoms with van der Waals surface area (Å²) in [7, 11) is 0. The molecule has 0 radical (unpaired) electrons. The Labute approximate surface area is 96.5 Å². The van der Waals surface area contributed by atoms with Gasteiger partial charge in [-0.15, -0.1) is 11.6 Å². The Bertz CT molecular complexity index is 507. The van der Waals surface area contributed by atoms with Crippen LogP contribution in [0, 0.1) is 5.82 Å². The lowest BCUT2D eigenvalue weighted by atomic mass is 10.3. The average molecular weight is 239 g/mol. The van der Waals surface area contributed by atoms with Crippen LogP contribution in [0.25, 0.3) is 5.69 Å². The van der Waals surface area contributed by atoms with Gasteiger partial charge >= 0.3 is 0 Å². The van der Waals surface area contributed by atoms with Gasteiger partial charge in [-0.3, -0.25) is 4.79 Å². The number of aldehydes is 1. The highest BCUT2D eigenvalue weighted by Gasteiger charge is 2.08. The van der Waals surface area contributed by atoms with Gasteiger partial charge in [0.05, 0.1) is 22.8 Å². The van der Waals surface area contributed by atoms with Crippen LogP contribution in [0.3, 0.4) is 0 Å². The largest absolute Gasteiger partial charge is 0.298 e. The second-order valence-electron chi connectivity index (χ2n) is 3.20. The molecule has 0 N–H and O–H groups in total. The molecular formula is C11H8ClFN2O. The normalized spacial score (nSPS) is 10.4. The summed E-state index contributed by atoms with van der Waals surface area (Å²) in [5, 5.41) is 4.13. The molecule has 5 heteroatoms. The monoisotopic (exact) mass is 238 g/mol. The molecule has 1 aromatic carbocycles. The molecule has 2 rings (SSSR count). The summed E-state index contributed by atoms with van der Waals surface area (Å²) in [5.74, 6) is -0.147. The number of halogens is 2. The quantitative estimate of drug-likeness (QED) is 0.609. The average Bonchev–Trinajstić information content (AvgIpc) is 2.73. The topological polar surface area (TPSA) is 34.9 Å². The highest BCUT2D eigenvalue weighted by molar-refractivity contribution is 6.17. The minimum Gasteiger partial charge on any atom is -0.298 e. The lowest BCUT2D eigenvalue weighted by molar-refractivity contribution is 0.112. The van der Waals surface area contributed by atoms with Crippen LogP contribution in [0.4, 0.5) is 4.39 Å². The molecule has 1 heterocycles. The molecule has 0 saturated heterocycles. The molecule has 0 aliphatic carbocycles. The Morgan fingerprint density at radius 1 is 1.38 bits per heavy atom. The molecule has 0 aliphatic heterocycles. The van der Waals surface area contributed by atoms with Crippen molar-refractivity contribution in [1.82, 2.24) is 9.78 Å². The Morgan fingerprint density at radius 3 is 2.56 bits per heavy atom. The Morgan fingerprint density at radius 2 is 2.06 bits per heavy atom. The van der Waals surface area contributed by atoms with E-state index >= 15 is 0 Å². The van der Waals surface area contributed by atoms with Crippen molar-refractivity contribution in [2.75, 3.05) is 0 Å². The zero-order valence-corrected chi connectivity index (χ0v) is 8.99. The maximum atomic E-state index is 12.7. The Hall–Kier alpha value is -1.68. The molecule has 0 amide bonds. The number of rotatable bonds is 3. The minimum absolute atomic E-state index is 0.169. The number of alkyl halides is 1. The van der Waals surface area contributed by atoms with Crippen LogP contribution >= 0.6 is 11.6 Å². The summed E-state index contributed by atoms with van der Waals surface area (Å²) in [6.07, 6.45) is 2.27. The number of hydrogen-bond acceptors (Lipinski definition) is 2. The zero-order valence-electron chi connectivity index (χ0n) is 8.23. The van der Waals surface area contributed by atoms with Gasteiger partial charge in [0, 0.05) is 6.20 Å². The SMILES string of the molecule is O=Cc1cn(-c2ccc(F)cc2)nc1CCl. The van der Waals surface area contributed by atoms with Gasteiger partial charge in [-0.1, -0.05) is 0 Å². The van der Waals surface area contributed by atoms with Crippen LogP contribution in [-0.4, -0.2) is 16.1 Å². The van der Waals surface area contributed by atoms with Crippen molar-refractivity contribution in [3.05, 3.63) is 47.5 Å². The molecule has 0 saturated carbocycles. The van der Waals surface area contributed by atoms with E-state index in [-0.39, 0.29) is 11.7 Å². The number of carbonyl (C=O) groups is 1. The fraction of sp³-hybridized carbons (Fsp3) is 0.0909. The van der Waals surface area contributed by atoms with E-state index in [0.29, 0.717) is 23.2 Å². The van der Waals surface area contributed by atoms with Gasteiger partial charge in [-0.25, -0.2) is 9.07 Å². The molecule has 0 spiro atoms. The number of benzene rings is 1. The van der Waals surface area contributed by atoms with Crippen LogP contribution in [0.15, 0.2) is 30.5 Å². The van der Waals surface area contributed by atoms with Crippen LogP contribution < -0.4 is 0 Å². The summed E-state index contributed by atoms with van der Waals surface area (Å²) < 4.78 is 14.2.